The van der Waals surface area contributed by atoms with Gasteiger partial charge in [-0.05, 0) is 30.7 Å². The maximum absolute atomic E-state index is 11.7. The number of nitrogens with zero attached hydrogens (tertiary/aromatic N) is 1. The Morgan fingerprint density at radius 2 is 2.00 bits per heavy atom. The van der Waals surface area contributed by atoms with E-state index in [4.69, 9.17) is 21.2 Å². The van der Waals surface area contributed by atoms with E-state index in [1.807, 2.05) is 0 Å². The minimum Gasteiger partial charge on any atom is -0.494 e. The number of hydrogen-bond acceptors (Lipinski definition) is 3. The summed E-state index contributed by atoms with van der Waals surface area (Å²) in [5.41, 5.74) is 0.555. The van der Waals surface area contributed by atoms with Crippen molar-refractivity contribution in [3.63, 3.8) is 0 Å². The summed E-state index contributed by atoms with van der Waals surface area (Å²) in [6.45, 7) is 0.578. The number of carbonyl (C=O) groups excluding carboxylic acids is 1. The van der Waals surface area contributed by atoms with Crippen LogP contribution in [0.4, 0.5) is 0 Å². The Bertz CT molecular complexity index is 353. The number of rotatable bonds is 6. The van der Waals surface area contributed by atoms with E-state index in [1.54, 1.807) is 31.3 Å². The van der Waals surface area contributed by atoms with Crippen molar-refractivity contribution in [1.82, 2.24) is 5.06 Å². The molecule has 0 heterocycles. The van der Waals surface area contributed by atoms with E-state index in [-0.39, 0.29) is 5.91 Å². The summed E-state index contributed by atoms with van der Waals surface area (Å²) in [5.74, 6) is 1.11. The molecule has 5 heteroatoms. The monoisotopic (exact) mass is 257 g/mol. The van der Waals surface area contributed by atoms with Crippen LogP contribution < -0.4 is 4.74 Å². The molecule has 0 saturated carbocycles. The number of halogens is 1. The van der Waals surface area contributed by atoms with Crippen LogP contribution in [0.15, 0.2) is 24.3 Å². The molecule has 1 rings (SSSR count). The number of alkyl halides is 1. The maximum Gasteiger partial charge on any atom is 0.277 e. The second kappa shape index (κ2) is 7.14. The summed E-state index contributed by atoms with van der Waals surface area (Å²) in [7, 11) is 3.01. The molecule has 94 valence electrons. The molecule has 1 amide bonds. The van der Waals surface area contributed by atoms with Gasteiger partial charge >= 0.3 is 0 Å². The second-order valence-corrected chi connectivity index (χ2v) is 3.78. The Balaban J connectivity index is 2.58. The summed E-state index contributed by atoms with van der Waals surface area (Å²) in [6.07, 6.45) is 0.800. The van der Waals surface area contributed by atoms with Crippen molar-refractivity contribution in [1.29, 1.82) is 0 Å². The van der Waals surface area contributed by atoms with Crippen molar-refractivity contribution in [3.05, 3.63) is 29.8 Å². The van der Waals surface area contributed by atoms with Gasteiger partial charge in [0.05, 0.1) is 13.7 Å². The largest absolute Gasteiger partial charge is 0.494 e. The normalized spacial score (nSPS) is 10.1. The molecular formula is C12H16ClNO3. The van der Waals surface area contributed by atoms with Crippen molar-refractivity contribution in [2.24, 2.45) is 0 Å². The first-order valence-corrected chi connectivity index (χ1v) is 5.83. The van der Waals surface area contributed by atoms with E-state index in [2.05, 4.69) is 0 Å². The number of ether oxygens (including phenoxy) is 1. The summed E-state index contributed by atoms with van der Waals surface area (Å²) in [5, 5.41) is 1.17. The zero-order valence-electron chi connectivity index (χ0n) is 9.98. The van der Waals surface area contributed by atoms with Crippen molar-refractivity contribution < 1.29 is 14.4 Å². The minimum absolute atomic E-state index is 0.195. The highest BCUT2D eigenvalue weighted by Crippen LogP contribution is 2.13. The lowest BCUT2D eigenvalue weighted by Crippen LogP contribution is -2.25. The quantitative estimate of drug-likeness (QED) is 0.446. The predicted octanol–water partition coefficient (Wildman–Crippen LogP) is 2.33. The molecule has 4 nitrogen and oxygen atoms in total. The third-order valence-electron chi connectivity index (χ3n) is 2.21. The average Bonchev–Trinajstić information content (AvgIpc) is 2.38. The van der Waals surface area contributed by atoms with Crippen molar-refractivity contribution in [2.75, 3.05) is 26.6 Å². The lowest BCUT2D eigenvalue weighted by atomic mass is 10.2. The van der Waals surface area contributed by atoms with Gasteiger partial charge in [-0.25, -0.2) is 5.06 Å². The molecule has 0 aliphatic carbocycles. The summed E-state index contributed by atoms with van der Waals surface area (Å²) >= 11 is 5.54. The highest BCUT2D eigenvalue weighted by atomic mass is 35.5. The van der Waals surface area contributed by atoms with Crippen LogP contribution in [0.25, 0.3) is 0 Å². The fourth-order valence-corrected chi connectivity index (χ4v) is 1.31. The van der Waals surface area contributed by atoms with Crippen molar-refractivity contribution in [3.8, 4) is 5.75 Å². The highest BCUT2D eigenvalue weighted by molar-refractivity contribution is 6.17. The van der Waals surface area contributed by atoms with Gasteiger partial charge in [0, 0.05) is 18.5 Å². The van der Waals surface area contributed by atoms with Gasteiger partial charge < -0.3 is 4.74 Å². The fraction of sp³-hybridized carbons (Fsp3) is 0.417. The van der Waals surface area contributed by atoms with Gasteiger partial charge in [0.1, 0.15) is 5.75 Å². The summed E-state index contributed by atoms with van der Waals surface area (Å²) in [6, 6.07) is 6.91. The molecule has 0 aliphatic rings. The van der Waals surface area contributed by atoms with Crippen molar-refractivity contribution in [2.45, 2.75) is 6.42 Å². The number of benzene rings is 1. The smallest absolute Gasteiger partial charge is 0.277 e. The first kappa shape index (κ1) is 13.8. The zero-order valence-corrected chi connectivity index (χ0v) is 10.7. The standard InChI is InChI=1S/C12H16ClNO3/c1-14(16-2)12(15)10-4-6-11(7-5-10)17-9-3-8-13/h4-7H,3,8-9H2,1-2H3. The van der Waals surface area contributed by atoms with Gasteiger partial charge in [0.15, 0.2) is 0 Å². The Kier molecular flexibility index (Phi) is 5.80. The fourth-order valence-electron chi connectivity index (χ4n) is 1.20. The molecule has 1 aromatic rings. The molecule has 0 aromatic heterocycles. The van der Waals surface area contributed by atoms with Gasteiger partial charge in [-0.15, -0.1) is 11.6 Å². The molecule has 0 saturated heterocycles. The topological polar surface area (TPSA) is 38.8 Å². The number of hydrogen-bond donors (Lipinski definition) is 0. The molecule has 0 N–H and O–H groups in total. The second-order valence-electron chi connectivity index (χ2n) is 3.40. The van der Waals surface area contributed by atoms with Crippen LogP contribution >= 0.6 is 11.6 Å². The number of carbonyl (C=O) groups is 1. The lowest BCUT2D eigenvalue weighted by molar-refractivity contribution is -0.0757. The van der Waals surface area contributed by atoms with Crippen LogP contribution in [0.5, 0.6) is 5.75 Å². The van der Waals surface area contributed by atoms with Gasteiger partial charge in [-0.1, -0.05) is 0 Å². The predicted molar refractivity (Wildman–Crippen MR) is 66.4 cm³/mol. The number of hydroxylamine groups is 2. The van der Waals surface area contributed by atoms with Crippen LogP contribution in [0.3, 0.4) is 0 Å². The van der Waals surface area contributed by atoms with Crippen LogP contribution in [-0.2, 0) is 4.84 Å². The van der Waals surface area contributed by atoms with Crippen LogP contribution in [0, 0.1) is 0 Å². The molecule has 0 spiro atoms. The summed E-state index contributed by atoms with van der Waals surface area (Å²) in [4.78, 5) is 16.5. The molecule has 0 atom stereocenters. The summed E-state index contributed by atoms with van der Waals surface area (Å²) < 4.78 is 5.43. The SMILES string of the molecule is CON(C)C(=O)c1ccc(OCCCCl)cc1. The molecule has 0 unspecified atom stereocenters. The Hall–Kier alpha value is -1.26. The molecule has 0 aliphatic heterocycles. The molecule has 0 bridgehead atoms. The minimum atomic E-state index is -0.195. The zero-order chi connectivity index (χ0) is 12.7. The van der Waals surface area contributed by atoms with E-state index in [0.717, 1.165) is 12.2 Å². The highest BCUT2D eigenvalue weighted by Gasteiger charge is 2.10. The first-order chi connectivity index (χ1) is 8.19. The van der Waals surface area contributed by atoms with Crippen LogP contribution in [0.2, 0.25) is 0 Å². The Morgan fingerprint density at radius 3 is 2.53 bits per heavy atom. The van der Waals surface area contributed by atoms with E-state index >= 15 is 0 Å². The molecule has 17 heavy (non-hydrogen) atoms. The van der Waals surface area contributed by atoms with Gasteiger partial charge in [-0.2, -0.15) is 0 Å². The van der Waals surface area contributed by atoms with E-state index < -0.39 is 0 Å². The van der Waals surface area contributed by atoms with Gasteiger partial charge in [0.2, 0.25) is 0 Å². The van der Waals surface area contributed by atoms with E-state index in [1.165, 1.54) is 12.2 Å². The van der Waals surface area contributed by atoms with Crippen molar-refractivity contribution >= 4 is 17.5 Å². The maximum atomic E-state index is 11.7. The third kappa shape index (κ3) is 4.24. The van der Waals surface area contributed by atoms with E-state index in [0.29, 0.717) is 18.1 Å². The first-order valence-electron chi connectivity index (χ1n) is 5.30. The molecular weight excluding hydrogens is 242 g/mol. The number of amides is 1. The molecule has 0 radical (unpaired) electrons. The Labute approximate surface area is 106 Å². The van der Waals surface area contributed by atoms with Gasteiger partial charge in [0.25, 0.3) is 5.91 Å². The van der Waals surface area contributed by atoms with Crippen LogP contribution in [0.1, 0.15) is 16.8 Å². The Morgan fingerprint density at radius 1 is 1.35 bits per heavy atom. The van der Waals surface area contributed by atoms with E-state index in [9.17, 15) is 4.79 Å². The third-order valence-corrected chi connectivity index (χ3v) is 2.48. The average molecular weight is 258 g/mol. The molecule has 0 fully saturated rings. The molecule has 1 aromatic carbocycles. The van der Waals surface area contributed by atoms with Gasteiger partial charge in [-0.3, -0.25) is 9.63 Å². The van der Waals surface area contributed by atoms with Crippen LogP contribution in [-0.4, -0.2) is 37.6 Å². The lowest BCUT2D eigenvalue weighted by Gasteiger charge is -2.13.